The second-order valence-electron chi connectivity index (χ2n) is 7.33. The zero-order valence-corrected chi connectivity index (χ0v) is 19.5. The quantitative estimate of drug-likeness (QED) is 0.387. The molecule has 1 saturated heterocycles. The van der Waals surface area contributed by atoms with E-state index in [0.29, 0.717) is 6.54 Å². The SMILES string of the molecule is CCNC(=NCc1nnc2n1CCCCC2)N1CCN(c2ccccn2)CC1.I. The van der Waals surface area contributed by atoms with Crippen molar-refractivity contribution in [3.8, 4) is 0 Å². The van der Waals surface area contributed by atoms with Crippen LogP contribution in [0.5, 0.6) is 0 Å². The lowest BCUT2D eigenvalue weighted by atomic mass is 10.2. The fourth-order valence-corrected chi connectivity index (χ4v) is 3.92. The maximum atomic E-state index is 4.89. The first-order valence-electron chi connectivity index (χ1n) is 10.5. The number of piperazine rings is 1. The van der Waals surface area contributed by atoms with E-state index >= 15 is 0 Å². The van der Waals surface area contributed by atoms with Gasteiger partial charge in [-0.05, 0) is 31.9 Å². The predicted octanol–water partition coefficient (Wildman–Crippen LogP) is 2.31. The lowest BCUT2D eigenvalue weighted by Gasteiger charge is -2.37. The van der Waals surface area contributed by atoms with Crippen molar-refractivity contribution in [1.29, 1.82) is 0 Å². The maximum Gasteiger partial charge on any atom is 0.194 e. The van der Waals surface area contributed by atoms with Gasteiger partial charge in [0.2, 0.25) is 0 Å². The molecule has 2 aromatic heterocycles. The highest BCUT2D eigenvalue weighted by molar-refractivity contribution is 14.0. The van der Waals surface area contributed by atoms with E-state index in [9.17, 15) is 0 Å². The predicted molar refractivity (Wildman–Crippen MR) is 126 cm³/mol. The van der Waals surface area contributed by atoms with Gasteiger partial charge in [0.1, 0.15) is 18.2 Å². The molecule has 4 rings (SSSR count). The van der Waals surface area contributed by atoms with Gasteiger partial charge in [0, 0.05) is 51.9 Å². The highest BCUT2D eigenvalue weighted by atomic mass is 127. The van der Waals surface area contributed by atoms with E-state index in [2.05, 4.69) is 47.9 Å². The molecule has 0 radical (unpaired) electrons. The molecule has 2 aliphatic rings. The molecule has 29 heavy (non-hydrogen) atoms. The third-order valence-corrected chi connectivity index (χ3v) is 5.44. The minimum atomic E-state index is 0. The number of guanidine groups is 1. The number of nitrogens with zero attached hydrogens (tertiary/aromatic N) is 7. The van der Waals surface area contributed by atoms with Gasteiger partial charge in [-0.3, -0.25) is 0 Å². The number of aryl methyl sites for hydroxylation is 1. The van der Waals surface area contributed by atoms with Crippen molar-refractivity contribution in [2.45, 2.75) is 45.7 Å². The molecule has 0 unspecified atom stereocenters. The second-order valence-corrected chi connectivity index (χ2v) is 7.33. The zero-order chi connectivity index (χ0) is 19.2. The fourth-order valence-electron chi connectivity index (χ4n) is 3.92. The summed E-state index contributed by atoms with van der Waals surface area (Å²) in [7, 11) is 0. The third kappa shape index (κ3) is 5.37. The molecule has 4 heterocycles. The van der Waals surface area contributed by atoms with Crippen molar-refractivity contribution in [3.63, 3.8) is 0 Å². The summed E-state index contributed by atoms with van der Waals surface area (Å²) in [5, 5.41) is 12.3. The topological polar surface area (TPSA) is 74.5 Å². The van der Waals surface area contributed by atoms with Crippen LogP contribution in [0.3, 0.4) is 0 Å². The van der Waals surface area contributed by atoms with Crippen molar-refractivity contribution >= 4 is 35.8 Å². The van der Waals surface area contributed by atoms with Gasteiger partial charge in [0.25, 0.3) is 0 Å². The summed E-state index contributed by atoms with van der Waals surface area (Å²) in [5.41, 5.74) is 0. The Hall–Kier alpha value is -1.91. The molecule has 0 amide bonds. The Morgan fingerprint density at radius 2 is 1.93 bits per heavy atom. The summed E-state index contributed by atoms with van der Waals surface area (Å²) < 4.78 is 2.28. The first-order chi connectivity index (χ1) is 13.8. The number of hydrogen-bond donors (Lipinski definition) is 1. The van der Waals surface area contributed by atoms with Crippen LogP contribution in [0, 0.1) is 0 Å². The lowest BCUT2D eigenvalue weighted by molar-refractivity contribution is 0.371. The average Bonchev–Trinajstić information content (AvgIpc) is 2.98. The Morgan fingerprint density at radius 1 is 1.07 bits per heavy atom. The Bertz CT molecular complexity index is 783. The number of aliphatic imine (C=N–C) groups is 1. The second kappa shape index (κ2) is 10.7. The number of nitrogens with one attached hydrogen (secondary N) is 1. The van der Waals surface area contributed by atoms with E-state index in [4.69, 9.17) is 4.99 Å². The van der Waals surface area contributed by atoms with Crippen LogP contribution in [0.1, 0.15) is 37.8 Å². The molecule has 2 aromatic rings. The smallest absolute Gasteiger partial charge is 0.194 e. The lowest BCUT2D eigenvalue weighted by Crippen LogP contribution is -2.52. The van der Waals surface area contributed by atoms with Crippen molar-refractivity contribution in [3.05, 3.63) is 36.0 Å². The molecule has 0 spiro atoms. The van der Waals surface area contributed by atoms with Crippen LogP contribution in [0.2, 0.25) is 0 Å². The molecule has 9 heteroatoms. The number of pyridine rings is 1. The monoisotopic (exact) mass is 510 g/mol. The Balaban J connectivity index is 0.00000240. The van der Waals surface area contributed by atoms with Gasteiger partial charge in [0.15, 0.2) is 11.8 Å². The zero-order valence-electron chi connectivity index (χ0n) is 17.1. The van der Waals surface area contributed by atoms with Crippen LogP contribution in [0.25, 0.3) is 0 Å². The molecular formula is C20H31IN8. The minimum Gasteiger partial charge on any atom is -0.357 e. The highest BCUT2D eigenvalue weighted by Crippen LogP contribution is 2.16. The number of halogens is 1. The van der Waals surface area contributed by atoms with Gasteiger partial charge in [-0.25, -0.2) is 9.98 Å². The van der Waals surface area contributed by atoms with Crippen molar-refractivity contribution in [2.75, 3.05) is 37.6 Å². The maximum absolute atomic E-state index is 4.89. The molecule has 1 N–H and O–H groups in total. The van der Waals surface area contributed by atoms with E-state index < -0.39 is 0 Å². The molecule has 0 atom stereocenters. The number of hydrogen-bond acceptors (Lipinski definition) is 5. The summed E-state index contributed by atoms with van der Waals surface area (Å²) in [6, 6.07) is 6.08. The molecule has 8 nitrogen and oxygen atoms in total. The van der Waals surface area contributed by atoms with E-state index in [1.807, 2.05) is 18.3 Å². The molecule has 0 aliphatic carbocycles. The van der Waals surface area contributed by atoms with Gasteiger partial charge < -0.3 is 19.7 Å². The molecule has 1 fully saturated rings. The van der Waals surface area contributed by atoms with Gasteiger partial charge in [-0.15, -0.1) is 34.2 Å². The van der Waals surface area contributed by atoms with Crippen LogP contribution in [-0.4, -0.2) is 63.3 Å². The fraction of sp³-hybridized carbons (Fsp3) is 0.600. The normalized spacial score (nSPS) is 17.3. The summed E-state index contributed by atoms with van der Waals surface area (Å²) in [6.07, 6.45) is 6.58. The number of rotatable bonds is 4. The first-order valence-corrected chi connectivity index (χ1v) is 10.5. The van der Waals surface area contributed by atoms with E-state index in [1.165, 1.54) is 19.3 Å². The Kier molecular flexibility index (Phi) is 8.08. The van der Waals surface area contributed by atoms with Gasteiger partial charge in [-0.2, -0.15) is 0 Å². The average molecular weight is 510 g/mol. The summed E-state index contributed by atoms with van der Waals surface area (Å²) in [6.45, 7) is 8.33. The first kappa shape index (κ1) is 21.8. The van der Waals surface area contributed by atoms with Crippen LogP contribution in [0.4, 0.5) is 5.82 Å². The summed E-state index contributed by atoms with van der Waals surface area (Å²) in [5.74, 6) is 4.13. The van der Waals surface area contributed by atoms with E-state index in [-0.39, 0.29) is 24.0 Å². The molecule has 0 bridgehead atoms. The van der Waals surface area contributed by atoms with E-state index in [0.717, 1.165) is 69.1 Å². The standard InChI is InChI=1S/C20H30N8.HI/c1-2-21-20(23-16-19-25-24-18-9-4-3-7-11-28(18)19)27-14-12-26(13-15-27)17-8-5-6-10-22-17;/h5-6,8,10H,2-4,7,9,11-16H2,1H3,(H,21,23);1H. The van der Waals surface area contributed by atoms with Crippen LogP contribution >= 0.6 is 24.0 Å². The van der Waals surface area contributed by atoms with Gasteiger partial charge in [-0.1, -0.05) is 12.5 Å². The van der Waals surface area contributed by atoms with Crippen LogP contribution in [0.15, 0.2) is 29.4 Å². The number of fused-ring (bicyclic) bond motifs is 1. The number of anilines is 1. The minimum absolute atomic E-state index is 0. The third-order valence-electron chi connectivity index (χ3n) is 5.44. The van der Waals surface area contributed by atoms with Gasteiger partial charge >= 0.3 is 0 Å². The molecule has 158 valence electrons. The highest BCUT2D eigenvalue weighted by Gasteiger charge is 2.21. The molecule has 0 aromatic carbocycles. The van der Waals surface area contributed by atoms with Crippen molar-refractivity contribution in [1.82, 2.24) is 30.0 Å². The summed E-state index contributed by atoms with van der Waals surface area (Å²) >= 11 is 0. The van der Waals surface area contributed by atoms with Crippen LogP contribution < -0.4 is 10.2 Å². The molecule has 2 aliphatic heterocycles. The van der Waals surface area contributed by atoms with E-state index in [1.54, 1.807) is 0 Å². The van der Waals surface area contributed by atoms with Gasteiger partial charge in [0.05, 0.1) is 0 Å². The number of aromatic nitrogens is 4. The Labute approximate surface area is 189 Å². The van der Waals surface area contributed by atoms with Crippen LogP contribution in [-0.2, 0) is 19.5 Å². The molecular weight excluding hydrogens is 479 g/mol. The largest absolute Gasteiger partial charge is 0.357 e. The van der Waals surface area contributed by atoms with Crippen molar-refractivity contribution < 1.29 is 0 Å². The summed E-state index contributed by atoms with van der Waals surface area (Å²) in [4.78, 5) is 14.0. The molecule has 0 saturated carbocycles. The Morgan fingerprint density at radius 3 is 2.69 bits per heavy atom. The van der Waals surface area contributed by atoms with Crippen molar-refractivity contribution in [2.24, 2.45) is 4.99 Å².